The average Bonchev–Trinajstić information content (AvgIpc) is 4.21. The van der Waals surface area contributed by atoms with E-state index in [0.29, 0.717) is 23.0 Å². The molecule has 334 valence electrons. The summed E-state index contributed by atoms with van der Waals surface area (Å²) < 4.78 is 9.69. The molecule has 0 N–H and O–H groups in total. The van der Waals surface area contributed by atoms with Crippen LogP contribution in [0.5, 0.6) is 0 Å². The van der Waals surface area contributed by atoms with Gasteiger partial charge in [-0.2, -0.15) is 5.26 Å². The predicted octanol–water partition coefficient (Wildman–Crippen LogP) is 17.3. The molecule has 5 aromatic heterocycles. The summed E-state index contributed by atoms with van der Waals surface area (Å²) in [5, 5.41) is 21.4. The van der Waals surface area contributed by atoms with Gasteiger partial charge >= 0.3 is 0 Å². The minimum Gasteiger partial charge on any atom is -0.309 e. The van der Waals surface area contributed by atoms with E-state index in [-0.39, 0.29) is 0 Å². The van der Waals surface area contributed by atoms with Crippen molar-refractivity contribution in [1.29, 1.82) is 5.26 Å². The molecule has 15 aromatic rings. The second-order valence-corrected chi connectivity index (χ2v) is 20.3. The lowest BCUT2D eigenvalue weighted by Crippen LogP contribution is -2.04. The molecule has 0 fully saturated rings. The molecule has 0 aliphatic rings. The normalized spacial score (nSPS) is 11.9. The zero-order chi connectivity index (χ0) is 47.4. The van der Waals surface area contributed by atoms with Gasteiger partial charge in [0.2, 0.25) is 0 Å². The Morgan fingerprint density at radius 3 is 1.44 bits per heavy atom. The third kappa shape index (κ3) is 6.02. The van der Waals surface area contributed by atoms with Crippen LogP contribution >= 0.6 is 22.7 Å². The lowest BCUT2D eigenvalue weighted by Gasteiger charge is -2.18. The Hall–Kier alpha value is -9.26. The van der Waals surface area contributed by atoms with Gasteiger partial charge in [-0.05, 0) is 60.2 Å². The first kappa shape index (κ1) is 40.6. The first-order valence-electron chi connectivity index (χ1n) is 23.9. The molecule has 0 bridgehead atoms. The molecule has 0 spiro atoms. The lowest BCUT2D eigenvalue weighted by molar-refractivity contribution is 1.07. The molecule has 72 heavy (non-hydrogen) atoms. The van der Waals surface area contributed by atoms with E-state index in [0.717, 1.165) is 66.6 Å². The minimum absolute atomic E-state index is 0.505. The van der Waals surface area contributed by atoms with Crippen molar-refractivity contribution in [3.63, 3.8) is 0 Å². The van der Waals surface area contributed by atoms with Gasteiger partial charge in [-0.15, -0.1) is 22.7 Å². The van der Waals surface area contributed by atoms with E-state index in [9.17, 15) is 5.26 Å². The fourth-order valence-electron chi connectivity index (χ4n) is 11.1. The Balaban J connectivity index is 1.02. The fourth-order valence-corrected chi connectivity index (χ4v) is 13.6. The minimum atomic E-state index is 0.505. The molecule has 0 saturated carbocycles. The average molecular weight is 953 g/mol. The second kappa shape index (κ2) is 15.9. The Kier molecular flexibility index (Phi) is 8.96. The highest BCUT2D eigenvalue weighted by Gasteiger charge is 2.25. The van der Waals surface area contributed by atoms with Crippen LogP contribution in [0.2, 0.25) is 0 Å². The molecule has 0 amide bonds. The molecular formula is C64H36N6S2. The summed E-state index contributed by atoms with van der Waals surface area (Å²) in [4.78, 5) is 15.8. The summed E-state index contributed by atoms with van der Waals surface area (Å²) in [7, 11) is 0. The largest absolute Gasteiger partial charge is 0.309 e. The van der Waals surface area contributed by atoms with Crippen LogP contribution in [0.3, 0.4) is 0 Å². The smallest absolute Gasteiger partial charge is 0.164 e. The molecule has 0 atom stereocenters. The highest BCUT2D eigenvalue weighted by molar-refractivity contribution is 7.27. The SMILES string of the molecule is N#Cc1c(-c2ccc(-n3c4ccccc4c4c5sc6ccccc6c5ccc43)cc2-c2nc(-c3ccccc3)nc(-c3ccccc3)n2)cccc1-n1c2ccccc2c2c3sc4ccccc4c3ccc21. The van der Waals surface area contributed by atoms with Crippen molar-refractivity contribution in [2.45, 2.75) is 0 Å². The molecule has 10 aromatic carbocycles. The molecule has 8 heteroatoms. The number of para-hydroxylation sites is 2. The molecule has 0 saturated heterocycles. The fraction of sp³-hybridized carbons (Fsp3) is 0. The van der Waals surface area contributed by atoms with Crippen molar-refractivity contribution in [3.05, 3.63) is 224 Å². The van der Waals surface area contributed by atoms with E-state index in [1.807, 2.05) is 83.3 Å². The van der Waals surface area contributed by atoms with Gasteiger partial charge in [0.05, 0.1) is 33.3 Å². The number of hydrogen-bond acceptors (Lipinski definition) is 6. The maximum absolute atomic E-state index is 11.6. The van der Waals surface area contributed by atoms with E-state index in [2.05, 4.69) is 173 Å². The predicted molar refractivity (Wildman–Crippen MR) is 301 cm³/mol. The molecule has 0 aliphatic heterocycles. The standard InChI is InChI=1S/C64H36N6S2/c65-37-50-41(24-15-27-53(50)70-52-26-12-8-23-48(52)59-55(70)35-33-46-44-21-10-14-29-57(44)72-61(46)59)42-31-30-40(36-49(42)64-67-62(38-16-3-1-4-17-38)66-63(68-64)39-18-5-2-6-19-39)69-51-25-11-7-22-47(51)58-54(69)34-32-45-43-20-9-13-28-56(43)71-60(45)58/h1-36H. The Labute approximate surface area is 420 Å². The summed E-state index contributed by atoms with van der Waals surface area (Å²) in [6.45, 7) is 0. The first-order chi connectivity index (χ1) is 35.7. The number of thiophene rings is 2. The maximum atomic E-state index is 11.6. The number of nitrogens with zero attached hydrogens (tertiary/aromatic N) is 6. The van der Waals surface area contributed by atoms with E-state index >= 15 is 0 Å². The number of fused-ring (bicyclic) bond motifs is 14. The van der Waals surface area contributed by atoms with Crippen LogP contribution in [0, 0.1) is 11.3 Å². The number of nitriles is 1. The third-order valence-corrected chi connectivity index (χ3v) is 16.7. The van der Waals surface area contributed by atoms with Crippen molar-refractivity contribution in [3.8, 4) is 62.7 Å². The Morgan fingerprint density at radius 2 is 0.861 bits per heavy atom. The molecule has 0 radical (unpaired) electrons. The van der Waals surface area contributed by atoms with Crippen LogP contribution in [-0.2, 0) is 0 Å². The molecular weight excluding hydrogens is 917 g/mol. The summed E-state index contributed by atoms with van der Waals surface area (Å²) in [6, 6.07) is 79.3. The highest BCUT2D eigenvalue weighted by atomic mass is 32.1. The number of aromatic nitrogens is 5. The Bertz CT molecular complexity index is 4710. The van der Waals surface area contributed by atoms with Crippen LogP contribution in [0.4, 0.5) is 0 Å². The maximum Gasteiger partial charge on any atom is 0.164 e. The monoisotopic (exact) mass is 952 g/mol. The molecule has 5 heterocycles. The Morgan fingerprint density at radius 1 is 0.361 bits per heavy atom. The summed E-state index contributed by atoms with van der Waals surface area (Å²) in [5.74, 6) is 1.63. The van der Waals surface area contributed by atoms with Crippen LogP contribution in [-0.4, -0.2) is 24.1 Å². The van der Waals surface area contributed by atoms with E-state index in [1.54, 1.807) is 0 Å². The number of benzene rings is 10. The van der Waals surface area contributed by atoms with Crippen LogP contribution in [0.25, 0.3) is 141 Å². The van der Waals surface area contributed by atoms with Gasteiger partial charge in [-0.3, -0.25) is 0 Å². The number of hydrogen-bond donors (Lipinski definition) is 0. The van der Waals surface area contributed by atoms with Crippen molar-refractivity contribution in [1.82, 2.24) is 24.1 Å². The quantitative estimate of drug-likeness (QED) is 0.166. The summed E-state index contributed by atoms with van der Waals surface area (Å²) in [6.07, 6.45) is 0. The van der Waals surface area contributed by atoms with Gasteiger partial charge in [0.15, 0.2) is 17.5 Å². The van der Waals surface area contributed by atoms with E-state index in [4.69, 9.17) is 15.0 Å². The zero-order valence-corrected chi connectivity index (χ0v) is 39.9. The highest BCUT2D eigenvalue weighted by Crippen LogP contribution is 2.47. The van der Waals surface area contributed by atoms with Gasteiger partial charge in [0, 0.05) is 89.8 Å². The second-order valence-electron chi connectivity index (χ2n) is 18.2. The van der Waals surface area contributed by atoms with Crippen LogP contribution in [0.15, 0.2) is 218 Å². The summed E-state index contributed by atoms with van der Waals surface area (Å²) >= 11 is 3.67. The van der Waals surface area contributed by atoms with Crippen molar-refractivity contribution in [2.75, 3.05) is 0 Å². The molecule has 0 unspecified atom stereocenters. The summed E-state index contributed by atoms with van der Waals surface area (Å²) in [5.41, 5.74) is 10.8. The van der Waals surface area contributed by atoms with Crippen molar-refractivity contribution >= 4 is 107 Å². The van der Waals surface area contributed by atoms with Gasteiger partial charge in [0.1, 0.15) is 6.07 Å². The van der Waals surface area contributed by atoms with E-state index in [1.165, 1.54) is 56.5 Å². The van der Waals surface area contributed by atoms with Gasteiger partial charge in [0.25, 0.3) is 0 Å². The third-order valence-electron chi connectivity index (χ3n) is 14.2. The number of rotatable bonds is 6. The molecule has 6 nitrogen and oxygen atoms in total. The molecule has 0 aliphatic carbocycles. The first-order valence-corrected chi connectivity index (χ1v) is 25.5. The van der Waals surface area contributed by atoms with Crippen LogP contribution < -0.4 is 0 Å². The van der Waals surface area contributed by atoms with Gasteiger partial charge in [-0.1, -0.05) is 164 Å². The van der Waals surface area contributed by atoms with Crippen LogP contribution in [0.1, 0.15) is 5.56 Å². The lowest BCUT2D eigenvalue weighted by atomic mass is 9.93. The van der Waals surface area contributed by atoms with Gasteiger partial charge < -0.3 is 9.13 Å². The molecule has 15 rings (SSSR count). The van der Waals surface area contributed by atoms with Gasteiger partial charge in [-0.25, -0.2) is 15.0 Å². The van der Waals surface area contributed by atoms with Crippen molar-refractivity contribution < 1.29 is 0 Å². The van der Waals surface area contributed by atoms with Crippen molar-refractivity contribution in [2.24, 2.45) is 0 Å². The van der Waals surface area contributed by atoms with E-state index < -0.39 is 0 Å². The zero-order valence-electron chi connectivity index (χ0n) is 38.3. The topological polar surface area (TPSA) is 72.3 Å².